The van der Waals surface area contributed by atoms with E-state index in [9.17, 15) is 9.59 Å². The van der Waals surface area contributed by atoms with Gasteiger partial charge in [-0.3, -0.25) is 14.9 Å². The number of nitriles is 1. The zero-order valence-electron chi connectivity index (χ0n) is 7.18. The molecule has 14 heavy (non-hydrogen) atoms. The van der Waals surface area contributed by atoms with Gasteiger partial charge in [-0.1, -0.05) is 5.21 Å². The topological polar surface area (TPSA) is 127 Å². The van der Waals surface area contributed by atoms with Crippen LogP contribution in [0.2, 0.25) is 0 Å². The van der Waals surface area contributed by atoms with Crippen molar-refractivity contribution in [1.29, 1.82) is 5.26 Å². The van der Waals surface area contributed by atoms with E-state index in [0.29, 0.717) is 0 Å². The van der Waals surface area contributed by atoms with Crippen LogP contribution in [-0.4, -0.2) is 26.8 Å². The molecule has 0 aliphatic rings. The highest BCUT2D eigenvalue weighted by molar-refractivity contribution is 6.39. The number of hydrogen-bond donors (Lipinski definition) is 2. The Balaban J connectivity index is 2.94. The zero-order chi connectivity index (χ0) is 10.7. The molecule has 3 N–H and O–H groups in total. The van der Waals surface area contributed by atoms with Gasteiger partial charge in [0.15, 0.2) is 11.5 Å². The van der Waals surface area contributed by atoms with Crippen LogP contribution in [0.15, 0.2) is 0 Å². The van der Waals surface area contributed by atoms with Crippen molar-refractivity contribution in [2.45, 2.75) is 0 Å². The van der Waals surface area contributed by atoms with Crippen LogP contribution in [0.1, 0.15) is 5.69 Å². The minimum Gasteiger partial charge on any atom is -0.361 e. The molecule has 0 saturated heterocycles. The summed E-state index contributed by atoms with van der Waals surface area (Å²) >= 11 is 0. The Morgan fingerprint density at radius 3 is 2.79 bits per heavy atom. The first-order valence-electron chi connectivity index (χ1n) is 3.46. The fourth-order valence-electron chi connectivity index (χ4n) is 0.736. The molecular formula is C6H6N6O2. The molecule has 0 fully saturated rings. The third-order valence-electron chi connectivity index (χ3n) is 1.39. The molecule has 72 valence electrons. The Bertz CT molecular complexity index is 428. The summed E-state index contributed by atoms with van der Waals surface area (Å²) in [6.07, 6.45) is 0. The van der Waals surface area contributed by atoms with E-state index < -0.39 is 11.8 Å². The van der Waals surface area contributed by atoms with Gasteiger partial charge in [-0.15, -0.1) is 5.10 Å². The van der Waals surface area contributed by atoms with Crippen molar-refractivity contribution in [3.63, 3.8) is 0 Å². The van der Waals surface area contributed by atoms with E-state index in [4.69, 9.17) is 11.0 Å². The number of nitrogens with one attached hydrogen (secondary N) is 1. The fraction of sp³-hybridized carbons (Fsp3) is 0.167. The maximum absolute atomic E-state index is 10.8. The third-order valence-corrected chi connectivity index (χ3v) is 1.39. The van der Waals surface area contributed by atoms with Crippen LogP contribution in [0.5, 0.6) is 0 Å². The molecule has 1 aromatic heterocycles. The standard InChI is InChI=1S/C6H6N6O2/c1-12-3(2-7)5(10-11-12)9-6(14)4(8)13/h1H3,(H2,8,13)(H,9,14). The summed E-state index contributed by atoms with van der Waals surface area (Å²) in [5.41, 5.74) is 4.73. The Morgan fingerprint density at radius 1 is 1.64 bits per heavy atom. The van der Waals surface area contributed by atoms with Crippen molar-refractivity contribution in [2.24, 2.45) is 12.8 Å². The van der Waals surface area contributed by atoms with Gasteiger partial charge < -0.3 is 5.73 Å². The van der Waals surface area contributed by atoms with E-state index in [0.717, 1.165) is 4.68 Å². The van der Waals surface area contributed by atoms with Gasteiger partial charge >= 0.3 is 11.8 Å². The molecule has 0 spiro atoms. The second-order valence-corrected chi connectivity index (χ2v) is 2.34. The molecule has 2 amide bonds. The van der Waals surface area contributed by atoms with Crippen molar-refractivity contribution in [3.05, 3.63) is 5.69 Å². The first kappa shape index (κ1) is 9.66. The molecule has 0 aliphatic carbocycles. The summed E-state index contributed by atoms with van der Waals surface area (Å²) in [6, 6.07) is 1.76. The highest BCUT2D eigenvalue weighted by atomic mass is 16.2. The maximum Gasteiger partial charge on any atom is 0.314 e. The summed E-state index contributed by atoms with van der Waals surface area (Å²) in [6.45, 7) is 0. The zero-order valence-corrected chi connectivity index (χ0v) is 7.18. The number of aryl methyl sites for hydroxylation is 1. The van der Waals surface area contributed by atoms with Gasteiger partial charge in [0, 0.05) is 7.05 Å². The summed E-state index contributed by atoms with van der Waals surface area (Å²) in [4.78, 5) is 21.2. The quantitative estimate of drug-likeness (QED) is 0.505. The number of carbonyl (C=O) groups excluding carboxylic acids is 2. The van der Waals surface area contributed by atoms with Crippen LogP contribution in [0.25, 0.3) is 0 Å². The highest BCUT2D eigenvalue weighted by Gasteiger charge is 2.15. The van der Waals surface area contributed by atoms with E-state index in [1.54, 1.807) is 6.07 Å². The first-order chi connectivity index (χ1) is 6.56. The molecule has 0 radical (unpaired) electrons. The average molecular weight is 194 g/mol. The largest absolute Gasteiger partial charge is 0.361 e. The number of rotatable bonds is 1. The summed E-state index contributed by atoms with van der Waals surface area (Å²) in [5.74, 6) is -2.28. The van der Waals surface area contributed by atoms with E-state index in [2.05, 4.69) is 15.6 Å². The number of amides is 2. The van der Waals surface area contributed by atoms with Gasteiger partial charge in [-0.05, 0) is 0 Å². The molecule has 1 aromatic rings. The maximum atomic E-state index is 10.8. The van der Waals surface area contributed by atoms with Crippen LogP contribution >= 0.6 is 0 Å². The van der Waals surface area contributed by atoms with Crippen molar-refractivity contribution in [3.8, 4) is 6.07 Å². The minimum atomic E-state index is -1.15. The predicted octanol–water partition coefficient (Wildman–Crippen LogP) is -1.89. The number of nitrogens with zero attached hydrogens (tertiary/aromatic N) is 4. The SMILES string of the molecule is Cn1nnc(NC(=O)C(N)=O)c1C#N. The molecule has 0 saturated carbocycles. The molecule has 8 heteroatoms. The van der Waals surface area contributed by atoms with Crippen molar-refractivity contribution < 1.29 is 9.59 Å². The molecular weight excluding hydrogens is 188 g/mol. The van der Waals surface area contributed by atoms with Gasteiger partial charge in [-0.25, -0.2) is 4.68 Å². The van der Waals surface area contributed by atoms with E-state index in [1.807, 2.05) is 0 Å². The lowest BCUT2D eigenvalue weighted by Gasteiger charge is -1.96. The number of anilines is 1. The van der Waals surface area contributed by atoms with E-state index >= 15 is 0 Å². The molecule has 1 rings (SSSR count). The number of nitrogens with two attached hydrogens (primary N) is 1. The molecule has 0 aromatic carbocycles. The lowest BCUT2D eigenvalue weighted by Crippen LogP contribution is -2.30. The monoisotopic (exact) mass is 194 g/mol. The lowest BCUT2D eigenvalue weighted by atomic mass is 10.4. The van der Waals surface area contributed by atoms with Gasteiger partial charge in [0.2, 0.25) is 0 Å². The number of aromatic nitrogens is 3. The van der Waals surface area contributed by atoms with Gasteiger partial charge in [-0.2, -0.15) is 5.26 Å². The molecule has 0 aliphatic heterocycles. The molecule has 8 nitrogen and oxygen atoms in total. The highest BCUT2D eigenvalue weighted by Crippen LogP contribution is 2.07. The minimum absolute atomic E-state index is 0.0413. The Labute approximate surface area is 78.3 Å². The van der Waals surface area contributed by atoms with Crippen molar-refractivity contribution >= 4 is 17.6 Å². The van der Waals surface area contributed by atoms with Crippen LogP contribution in [0, 0.1) is 11.3 Å². The van der Waals surface area contributed by atoms with Crippen molar-refractivity contribution in [1.82, 2.24) is 15.0 Å². The van der Waals surface area contributed by atoms with Crippen LogP contribution in [0.4, 0.5) is 5.82 Å². The van der Waals surface area contributed by atoms with Crippen LogP contribution in [-0.2, 0) is 16.6 Å². The average Bonchev–Trinajstić information content (AvgIpc) is 2.46. The van der Waals surface area contributed by atoms with Crippen LogP contribution < -0.4 is 11.1 Å². The van der Waals surface area contributed by atoms with Crippen LogP contribution in [0.3, 0.4) is 0 Å². The normalized spacial score (nSPS) is 9.14. The summed E-state index contributed by atoms with van der Waals surface area (Å²) in [5, 5.41) is 17.6. The molecule has 1 heterocycles. The molecule has 0 bridgehead atoms. The van der Waals surface area contributed by atoms with E-state index in [-0.39, 0.29) is 11.5 Å². The number of hydrogen-bond acceptors (Lipinski definition) is 5. The number of carbonyl (C=O) groups is 2. The molecule has 0 atom stereocenters. The second kappa shape index (κ2) is 3.53. The second-order valence-electron chi connectivity index (χ2n) is 2.34. The lowest BCUT2D eigenvalue weighted by molar-refractivity contribution is -0.134. The van der Waals surface area contributed by atoms with Gasteiger partial charge in [0.25, 0.3) is 0 Å². The Kier molecular flexibility index (Phi) is 2.43. The summed E-state index contributed by atoms with van der Waals surface area (Å²) < 4.78 is 1.16. The molecule has 0 unspecified atom stereocenters. The van der Waals surface area contributed by atoms with Gasteiger partial charge in [0.05, 0.1) is 0 Å². The van der Waals surface area contributed by atoms with Crippen molar-refractivity contribution in [2.75, 3.05) is 5.32 Å². The fourth-order valence-corrected chi connectivity index (χ4v) is 0.736. The van der Waals surface area contributed by atoms with Gasteiger partial charge in [0.1, 0.15) is 6.07 Å². The third kappa shape index (κ3) is 1.66. The number of primary amides is 1. The Hall–Kier alpha value is -2.43. The Morgan fingerprint density at radius 2 is 2.29 bits per heavy atom. The predicted molar refractivity (Wildman–Crippen MR) is 43.5 cm³/mol. The summed E-state index contributed by atoms with van der Waals surface area (Å²) in [7, 11) is 1.48. The first-order valence-corrected chi connectivity index (χ1v) is 3.46. The smallest absolute Gasteiger partial charge is 0.314 e. The van der Waals surface area contributed by atoms with E-state index in [1.165, 1.54) is 7.05 Å².